The highest BCUT2D eigenvalue weighted by Gasteiger charge is 2.37. The second-order valence-corrected chi connectivity index (χ2v) is 5.56. The van der Waals surface area contributed by atoms with E-state index in [0.29, 0.717) is 0 Å². The van der Waals surface area contributed by atoms with Crippen LogP contribution in [0, 0.1) is 0 Å². The summed E-state index contributed by atoms with van der Waals surface area (Å²) in [6.07, 6.45) is 3.58. The van der Waals surface area contributed by atoms with Crippen molar-refractivity contribution in [3.8, 4) is 0 Å². The van der Waals surface area contributed by atoms with E-state index >= 15 is 0 Å². The Bertz CT molecular complexity index is 740. The molecule has 2 atom stereocenters. The molecule has 0 spiro atoms. The van der Waals surface area contributed by atoms with Gasteiger partial charge in [0.05, 0.1) is 31.7 Å². The van der Waals surface area contributed by atoms with Crippen LogP contribution in [0.3, 0.4) is 0 Å². The van der Waals surface area contributed by atoms with Gasteiger partial charge in [0.25, 0.3) is 11.8 Å². The van der Waals surface area contributed by atoms with E-state index < -0.39 is 12.1 Å². The minimum atomic E-state index is -1.10. The summed E-state index contributed by atoms with van der Waals surface area (Å²) in [7, 11) is 1.75. The lowest BCUT2D eigenvalue weighted by atomic mass is 10.2. The molecule has 1 saturated heterocycles. The number of nitrogens with two attached hydrogens (primary N) is 1. The number of hydrogen-bond donors (Lipinski definition) is 1. The van der Waals surface area contributed by atoms with Crippen LogP contribution in [0.4, 0.5) is 4.39 Å². The standard InChI is InChI=1S/C13H16FN7O2/c1-19-5-11(16-7-19)13(23)21-3-8(14)2-9(21)4-20-6-10(12(15)22)17-18-20/h5-9H,2-4H2,1H3,(H2,15,22). The molecular weight excluding hydrogens is 305 g/mol. The summed E-state index contributed by atoms with van der Waals surface area (Å²) in [6, 6.07) is -0.387. The normalized spacial score (nSPS) is 20.9. The summed E-state index contributed by atoms with van der Waals surface area (Å²) in [6.45, 7) is 0.247. The first-order valence-electron chi connectivity index (χ1n) is 7.07. The minimum absolute atomic E-state index is 0.0114. The fourth-order valence-corrected chi connectivity index (χ4v) is 2.67. The molecule has 10 heteroatoms. The Morgan fingerprint density at radius 3 is 2.78 bits per heavy atom. The van der Waals surface area contributed by atoms with Crippen molar-refractivity contribution >= 4 is 11.8 Å². The van der Waals surface area contributed by atoms with Gasteiger partial charge < -0.3 is 15.2 Å². The Balaban J connectivity index is 1.76. The number of nitrogens with zero attached hydrogens (tertiary/aromatic N) is 6. The van der Waals surface area contributed by atoms with Gasteiger partial charge in [-0.25, -0.2) is 14.1 Å². The largest absolute Gasteiger partial charge is 0.364 e. The van der Waals surface area contributed by atoms with Crippen LogP contribution in [0.5, 0.6) is 0 Å². The van der Waals surface area contributed by atoms with E-state index in [4.69, 9.17) is 5.73 Å². The van der Waals surface area contributed by atoms with Crippen molar-refractivity contribution < 1.29 is 14.0 Å². The number of aryl methyl sites for hydroxylation is 1. The minimum Gasteiger partial charge on any atom is -0.364 e. The zero-order valence-corrected chi connectivity index (χ0v) is 12.5. The fraction of sp³-hybridized carbons (Fsp3) is 0.462. The molecule has 1 aliphatic heterocycles. The predicted molar refractivity (Wildman–Crippen MR) is 76.1 cm³/mol. The highest BCUT2D eigenvalue weighted by atomic mass is 19.1. The third kappa shape index (κ3) is 3.05. The Morgan fingerprint density at radius 1 is 1.39 bits per heavy atom. The monoisotopic (exact) mass is 321 g/mol. The van der Waals surface area contributed by atoms with Gasteiger partial charge in [0.1, 0.15) is 11.9 Å². The van der Waals surface area contributed by atoms with E-state index in [-0.39, 0.29) is 42.8 Å². The van der Waals surface area contributed by atoms with E-state index in [1.165, 1.54) is 22.1 Å². The molecule has 0 aromatic carbocycles. The number of alkyl halides is 1. The Hall–Kier alpha value is -2.78. The number of likely N-dealkylation sites (tertiary alicyclic amines) is 1. The van der Waals surface area contributed by atoms with E-state index in [2.05, 4.69) is 15.3 Å². The maximum absolute atomic E-state index is 13.8. The van der Waals surface area contributed by atoms with Gasteiger partial charge in [0, 0.05) is 19.7 Å². The molecule has 3 heterocycles. The van der Waals surface area contributed by atoms with Gasteiger partial charge in [-0.2, -0.15) is 0 Å². The molecule has 0 aliphatic carbocycles. The second-order valence-electron chi connectivity index (χ2n) is 5.56. The van der Waals surface area contributed by atoms with E-state index in [1.807, 2.05) is 0 Å². The SMILES string of the molecule is Cn1cnc(C(=O)N2CC(F)CC2Cn2cc(C(N)=O)nn2)c1. The number of primary amides is 1. The van der Waals surface area contributed by atoms with Gasteiger partial charge in [0.15, 0.2) is 5.69 Å². The zero-order valence-electron chi connectivity index (χ0n) is 12.5. The molecular formula is C13H16FN7O2. The number of aromatic nitrogens is 5. The summed E-state index contributed by atoms with van der Waals surface area (Å²) >= 11 is 0. The molecule has 2 unspecified atom stereocenters. The lowest BCUT2D eigenvalue weighted by Gasteiger charge is -2.23. The van der Waals surface area contributed by atoms with E-state index in [0.717, 1.165) is 0 Å². The fourth-order valence-electron chi connectivity index (χ4n) is 2.67. The number of carbonyl (C=O) groups is 2. The van der Waals surface area contributed by atoms with Crippen molar-refractivity contribution in [3.05, 3.63) is 30.1 Å². The Labute approximate surface area is 130 Å². The van der Waals surface area contributed by atoms with E-state index in [9.17, 15) is 14.0 Å². The number of carbonyl (C=O) groups excluding carboxylic acids is 2. The van der Waals surface area contributed by atoms with Crippen molar-refractivity contribution in [2.75, 3.05) is 6.54 Å². The van der Waals surface area contributed by atoms with Crippen LogP contribution in [0.2, 0.25) is 0 Å². The molecule has 1 aliphatic rings. The van der Waals surface area contributed by atoms with Crippen molar-refractivity contribution in [2.24, 2.45) is 12.8 Å². The van der Waals surface area contributed by atoms with Gasteiger partial charge in [-0.1, -0.05) is 5.21 Å². The van der Waals surface area contributed by atoms with Crippen molar-refractivity contribution in [1.29, 1.82) is 0 Å². The highest BCUT2D eigenvalue weighted by molar-refractivity contribution is 5.92. The Morgan fingerprint density at radius 2 is 2.17 bits per heavy atom. The molecule has 2 amide bonds. The van der Waals surface area contributed by atoms with Gasteiger partial charge in [-0.15, -0.1) is 5.10 Å². The molecule has 9 nitrogen and oxygen atoms in total. The van der Waals surface area contributed by atoms with Crippen LogP contribution in [-0.2, 0) is 13.6 Å². The van der Waals surface area contributed by atoms with Crippen molar-refractivity contribution in [2.45, 2.75) is 25.2 Å². The van der Waals surface area contributed by atoms with Gasteiger partial charge in [-0.05, 0) is 0 Å². The first-order chi connectivity index (χ1) is 10.9. The maximum Gasteiger partial charge on any atom is 0.274 e. The van der Waals surface area contributed by atoms with Crippen LogP contribution in [-0.4, -0.2) is 60.0 Å². The molecule has 2 N–H and O–H groups in total. The van der Waals surface area contributed by atoms with Crippen LogP contribution in [0.25, 0.3) is 0 Å². The molecule has 3 rings (SSSR count). The first kappa shape index (κ1) is 15.1. The van der Waals surface area contributed by atoms with Gasteiger partial charge in [-0.3, -0.25) is 9.59 Å². The average molecular weight is 321 g/mol. The van der Waals surface area contributed by atoms with Crippen LogP contribution >= 0.6 is 0 Å². The average Bonchev–Trinajstić information content (AvgIpc) is 3.19. The molecule has 23 heavy (non-hydrogen) atoms. The number of imidazole rings is 1. The smallest absolute Gasteiger partial charge is 0.274 e. The predicted octanol–water partition coefficient (Wildman–Crippen LogP) is -0.637. The molecule has 0 radical (unpaired) electrons. The number of hydrogen-bond acceptors (Lipinski definition) is 5. The first-order valence-corrected chi connectivity index (χ1v) is 7.07. The second kappa shape index (κ2) is 5.78. The third-order valence-corrected chi connectivity index (χ3v) is 3.74. The summed E-state index contributed by atoms with van der Waals surface area (Å²) in [5.41, 5.74) is 5.42. The lowest BCUT2D eigenvalue weighted by molar-refractivity contribution is 0.0708. The molecule has 0 saturated carbocycles. The molecule has 2 aromatic heterocycles. The van der Waals surface area contributed by atoms with Crippen LogP contribution in [0.15, 0.2) is 18.7 Å². The number of halogens is 1. The summed E-state index contributed by atoms with van der Waals surface area (Å²) in [5, 5.41) is 7.42. The number of amides is 2. The van der Waals surface area contributed by atoms with E-state index in [1.54, 1.807) is 17.8 Å². The number of rotatable bonds is 4. The van der Waals surface area contributed by atoms with Crippen molar-refractivity contribution in [3.63, 3.8) is 0 Å². The molecule has 0 bridgehead atoms. The van der Waals surface area contributed by atoms with Crippen LogP contribution in [0.1, 0.15) is 27.4 Å². The van der Waals surface area contributed by atoms with Crippen LogP contribution < -0.4 is 5.73 Å². The summed E-state index contributed by atoms with van der Waals surface area (Å²) < 4.78 is 16.8. The highest BCUT2D eigenvalue weighted by Crippen LogP contribution is 2.23. The zero-order chi connectivity index (χ0) is 16.6. The Kier molecular flexibility index (Phi) is 3.80. The molecule has 1 fully saturated rings. The third-order valence-electron chi connectivity index (χ3n) is 3.74. The molecule has 2 aromatic rings. The maximum atomic E-state index is 13.8. The summed E-state index contributed by atoms with van der Waals surface area (Å²) in [4.78, 5) is 29.0. The van der Waals surface area contributed by atoms with Gasteiger partial charge >= 0.3 is 0 Å². The van der Waals surface area contributed by atoms with Crippen molar-refractivity contribution in [1.82, 2.24) is 29.4 Å². The quantitative estimate of drug-likeness (QED) is 0.805. The van der Waals surface area contributed by atoms with Gasteiger partial charge in [0.2, 0.25) is 0 Å². The molecule has 122 valence electrons. The lowest BCUT2D eigenvalue weighted by Crippen LogP contribution is -2.38. The summed E-state index contributed by atoms with van der Waals surface area (Å²) in [5.74, 6) is -1.02. The topological polar surface area (TPSA) is 112 Å².